The monoisotopic (exact) mass is 488 g/mol. The van der Waals surface area contributed by atoms with Gasteiger partial charge in [-0.1, -0.05) is 29.8 Å². The molecule has 1 aliphatic carbocycles. The number of halogens is 3. The first kappa shape index (κ1) is 28.0. The summed E-state index contributed by atoms with van der Waals surface area (Å²) in [5, 5.41) is 7.12. The predicted molar refractivity (Wildman–Crippen MR) is 135 cm³/mol. The van der Waals surface area contributed by atoms with Gasteiger partial charge < -0.3 is 21.1 Å². The molecule has 1 saturated carbocycles. The maximum absolute atomic E-state index is 6.20. The quantitative estimate of drug-likeness (QED) is 0.491. The number of ether oxygens (including phenoxy) is 1. The van der Waals surface area contributed by atoms with E-state index in [0.717, 1.165) is 38.4 Å². The van der Waals surface area contributed by atoms with Crippen LogP contribution in [-0.2, 0) is 11.2 Å². The van der Waals surface area contributed by atoms with Crippen molar-refractivity contribution < 1.29 is 4.74 Å². The zero-order valence-electron chi connectivity index (χ0n) is 18.2. The number of nitrogens with two attached hydrogens (primary N) is 1. The molecule has 1 aromatic carbocycles. The number of nitrogens with one attached hydrogen (secondary N) is 2. The molecule has 2 unspecified atom stereocenters. The molecule has 1 aromatic heterocycles. The van der Waals surface area contributed by atoms with Crippen LogP contribution in [0.1, 0.15) is 34.7 Å². The van der Waals surface area contributed by atoms with Crippen LogP contribution >= 0.6 is 37.2 Å². The number of nitrogens with zero attached hydrogens (tertiary/aromatic N) is 1. The van der Waals surface area contributed by atoms with E-state index in [-0.39, 0.29) is 43.3 Å². The highest BCUT2D eigenvalue weighted by molar-refractivity contribution is 5.86. The van der Waals surface area contributed by atoms with Crippen LogP contribution < -0.4 is 16.4 Å². The fourth-order valence-electron chi connectivity index (χ4n) is 4.39. The molecule has 1 aliphatic heterocycles. The van der Waals surface area contributed by atoms with E-state index in [9.17, 15) is 0 Å². The van der Waals surface area contributed by atoms with E-state index in [1.807, 2.05) is 6.07 Å². The molecule has 4 atom stereocenters. The normalized spacial score (nSPS) is 23.9. The molecule has 8 heteroatoms. The van der Waals surface area contributed by atoms with Crippen LogP contribution in [-0.4, -0.2) is 43.4 Å². The first-order valence-corrected chi connectivity index (χ1v) is 10.4. The van der Waals surface area contributed by atoms with Gasteiger partial charge in [0.25, 0.3) is 0 Å². The topological polar surface area (TPSA) is 72.2 Å². The van der Waals surface area contributed by atoms with Crippen molar-refractivity contribution in [1.29, 1.82) is 0 Å². The van der Waals surface area contributed by atoms with E-state index in [1.54, 1.807) is 0 Å². The summed E-state index contributed by atoms with van der Waals surface area (Å²) in [4.78, 5) is 4.49. The van der Waals surface area contributed by atoms with Gasteiger partial charge in [-0.25, -0.2) is 4.98 Å². The minimum absolute atomic E-state index is 0. The Morgan fingerprint density at radius 2 is 1.90 bits per heavy atom. The third-order valence-electron chi connectivity index (χ3n) is 5.89. The Bertz CT molecular complexity index is 803. The molecule has 2 aromatic rings. The lowest BCUT2D eigenvalue weighted by molar-refractivity contribution is 0.0394. The largest absolute Gasteiger partial charge is 0.384 e. The van der Waals surface area contributed by atoms with E-state index >= 15 is 0 Å². The molecule has 4 rings (SSSR count). The fourth-order valence-corrected chi connectivity index (χ4v) is 4.39. The van der Waals surface area contributed by atoms with Crippen molar-refractivity contribution in [3.05, 3.63) is 58.8 Å². The van der Waals surface area contributed by atoms with Crippen LogP contribution in [0.5, 0.6) is 0 Å². The maximum atomic E-state index is 6.20. The third-order valence-corrected chi connectivity index (χ3v) is 5.89. The lowest BCUT2D eigenvalue weighted by Gasteiger charge is -2.19. The molecule has 0 bridgehead atoms. The first-order valence-electron chi connectivity index (χ1n) is 10.4. The zero-order valence-corrected chi connectivity index (χ0v) is 20.6. The summed E-state index contributed by atoms with van der Waals surface area (Å²) in [6.07, 6.45) is 2.39. The van der Waals surface area contributed by atoms with Gasteiger partial charge in [0, 0.05) is 43.2 Å². The van der Waals surface area contributed by atoms with Crippen LogP contribution in [0.15, 0.2) is 36.4 Å². The minimum atomic E-state index is 0. The van der Waals surface area contributed by atoms with Gasteiger partial charge in [-0.15, -0.1) is 37.2 Å². The predicted octanol–water partition coefficient (Wildman–Crippen LogP) is 3.84. The number of nitrogen functional groups attached to an aromatic ring is 1. The van der Waals surface area contributed by atoms with Gasteiger partial charge in [0.2, 0.25) is 0 Å². The maximum Gasteiger partial charge on any atom is 0.123 e. The standard InChI is InChI=1S/C23H32N4O.3ClH/c1-15-4-3-5-17(8-15)20-12-21(20)26-6-7-28-22-14-25-13-18(22)11-19-9-16(2)10-23(24)27-19;;;/h3-5,8-10,18,20-22,25-26H,6-7,11-14H2,1-2H3,(H2,24,27);3*1H/t18-,20?,21?,22+;;;/m1.../s1. The summed E-state index contributed by atoms with van der Waals surface area (Å²) in [5.41, 5.74) is 10.9. The van der Waals surface area contributed by atoms with E-state index in [0.29, 0.717) is 23.7 Å². The summed E-state index contributed by atoms with van der Waals surface area (Å²) in [6, 6.07) is 13.5. The number of aromatic nitrogens is 1. The number of hydrogen-bond acceptors (Lipinski definition) is 5. The lowest BCUT2D eigenvalue weighted by Crippen LogP contribution is -2.30. The van der Waals surface area contributed by atoms with Crippen molar-refractivity contribution in [1.82, 2.24) is 15.6 Å². The Morgan fingerprint density at radius 1 is 1.10 bits per heavy atom. The average molecular weight is 490 g/mol. The molecule has 0 radical (unpaired) electrons. The second-order valence-corrected chi connectivity index (χ2v) is 8.41. The van der Waals surface area contributed by atoms with E-state index in [4.69, 9.17) is 10.5 Å². The van der Waals surface area contributed by atoms with Gasteiger partial charge in [-0.3, -0.25) is 0 Å². The number of benzene rings is 1. The second kappa shape index (κ2) is 12.8. The SMILES string of the molecule is Cc1cccc(C2CC2NCCO[C@H]2CNC[C@H]2Cc2cc(C)cc(N)n2)c1.Cl.Cl.Cl. The highest BCUT2D eigenvalue weighted by atomic mass is 35.5. The van der Waals surface area contributed by atoms with Gasteiger partial charge in [0.1, 0.15) is 5.82 Å². The van der Waals surface area contributed by atoms with Crippen molar-refractivity contribution in [2.75, 3.05) is 32.0 Å². The van der Waals surface area contributed by atoms with E-state index in [1.165, 1.54) is 23.1 Å². The minimum Gasteiger partial charge on any atom is -0.384 e. The smallest absolute Gasteiger partial charge is 0.123 e. The Hall–Kier alpha value is -1.08. The molecule has 31 heavy (non-hydrogen) atoms. The highest BCUT2D eigenvalue weighted by Crippen LogP contribution is 2.40. The average Bonchev–Trinajstić information content (AvgIpc) is 3.29. The first-order chi connectivity index (χ1) is 13.6. The van der Waals surface area contributed by atoms with Crippen LogP contribution in [0.4, 0.5) is 5.82 Å². The Morgan fingerprint density at radius 3 is 2.65 bits per heavy atom. The number of hydrogen-bond donors (Lipinski definition) is 3. The molecule has 2 aliphatic rings. The van der Waals surface area contributed by atoms with Crippen molar-refractivity contribution in [2.24, 2.45) is 5.92 Å². The Balaban J connectivity index is 0.00000160. The van der Waals surface area contributed by atoms with Crippen molar-refractivity contribution in [3.8, 4) is 0 Å². The number of rotatable bonds is 8. The summed E-state index contributed by atoms with van der Waals surface area (Å²) >= 11 is 0. The van der Waals surface area contributed by atoms with Crippen LogP contribution in [0.25, 0.3) is 0 Å². The molecular weight excluding hydrogens is 455 g/mol. The summed E-state index contributed by atoms with van der Waals surface area (Å²) < 4.78 is 6.20. The molecule has 0 amide bonds. The molecule has 2 heterocycles. The van der Waals surface area contributed by atoms with Gasteiger partial charge in [-0.2, -0.15) is 0 Å². The summed E-state index contributed by atoms with van der Waals surface area (Å²) in [5.74, 6) is 1.73. The Kier molecular flexibility index (Phi) is 11.6. The summed E-state index contributed by atoms with van der Waals surface area (Å²) in [7, 11) is 0. The molecular formula is C23H35Cl3N4O. The van der Waals surface area contributed by atoms with Crippen LogP contribution in [0.3, 0.4) is 0 Å². The van der Waals surface area contributed by atoms with Crippen LogP contribution in [0, 0.1) is 19.8 Å². The molecule has 2 fully saturated rings. The van der Waals surface area contributed by atoms with E-state index < -0.39 is 0 Å². The molecule has 5 nitrogen and oxygen atoms in total. The van der Waals surface area contributed by atoms with Gasteiger partial charge in [-0.05, 0) is 49.9 Å². The fraction of sp³-hybridized carbons (Fsp3) is 0.522. The van der Waals surface area contributed by atoms with Gasteiger partial charge >= 0.3 is 0 Å². The number of anilines is 1. The zero-order chi connectivity index (χ0) is 19.5. The van der Waals surface area contributed by atoms with Gasteiger partial charge in [0.15, 0.2) is 0 Å². The highest BCUT2D eigenvalue weighted by Gasteiger charge is 2.37. The number of pyridine rings is 1. The number of aryl methyl sites for hydroxylation is 2. The lowest BCUT2D eigenvalue weighted by atomic mass is 9.99. The van der Waals surface area contributed by atoms with Crippen molar-refractivity contribution >= 4 is 43.0 Å². The summed E-state index contributed by atoms with van der Waals surface area (Å²) in [6.45, 7) is 7.78. The van der Waals surface area contributed by atoms with Gasteiger partial charge in [0.05, 0.1) is 12.7 Å². The van der Waals surface area contributed by atoms with Crippen molar-refractivity contribution in [3.63, 3.8) is 0 Å². The molecule has 4 N–H and O–H groups in total. The van der Waals surface area contributed by atoms with E-state index in [2.05, 4.69) is 59.8 Å². The Labute approximate surface area is 204 Å². The molecule has 174 valence electrons. The molecule has 1 saturated heterocycles. The van der Waals surface area contributed by atoms with Crippen molar-refractivity contribution in [2.45, 2.75) is 44.8 Å². The molecule has 0 spiro atoms. The van der Waals surface area contributed by atoms with Crippen LogP contribution in [0.2, 0.25) is 0 Å². The second-order valence-electron chi connectivity index (χ2n) is 8.41. The third kappa shape index (κ3) is 7.77.